The van der Waals surface area contributed by atoms with E-state index in [1.54, 1.807) is 0 Å². The van der Waals surface area contributed by atoms with Crippen LogP contribution >= 0.6 is 0 Å². The molecule has 0 aromatic carbocycles. The molecule has 3 heteroatoms. The molecule has 19 heavy (non-hydrogen) atoms. The summed E-state index contributed by atoms with van der Waals surface area (Å²) in [6, 6.07) is 0.377. The molecule has 2 fully saturated rings. The maximum absolute atomic E-state index is 12.1. The lowest BCUT2D eigenvalue weighted by atomic mass is 9.69. The van der Waals surface area contributed by atoms with Gasteiger partial charge in [-0.1, -0.05) is 27.7 Å². The summed E-state index contributed by atoms with van der Waals surface area (Å²) < 4.78 is 0. The Hall–Kier alpha value is -0.570. The van der Waals surface area contributed by atoms with Crippen LogP contribution in [0.2, 0.25) is 0 Å². The minimum absolute atomic E-state index is 0.217. The molecule has 0 saturated heterocycles. The van der Waals surface area contributed by atoms with Gasteiger partial charge in [-0.3, -0.25) is 4.79 Å². The van der Waals surface area contributed by atoms with Gasteiger partial charge in [0.25, 0.3) is 0 Å². The van der Waals surface area contributed by atoms with Crippen molar-refractivity contribution in [2.75, 3.05) is 6.54 Å². The fourth-order valence-electron chi connectivity index (χ4n) is 4.18. The Morgan fingerprint density at radius 3 is 2.58 bits per heavy atom. The SMILES string of the molecule is CC(CN)CCC(=O)NC1CC2CCC1(C)C2(C)C. The van der Waals surface area contributed by atoms with Crippen LogP contribution in [-0.2, 0) is 4.79 Å². The van der Waals surface area contributed by atoms with Gasteiger partial charge in [-0.05, 0) is 54.9 Å². The lowest BCUT2D eigenvalue weighted by Gasteiger charge is -2.39. The monoisotopic (exact) mass is 266 g/mol. The van der Waals surface area contributed by atoms with Crippen LogP contribution < -0.4 is 11.1 Å². The van der Waals surface area contributed by atoms with Crippen LogP contribution in [0, 0.1) is 22.7 Å². The highest BCUT2D eigenvalue weighted by atomic mass is 16.1. The Balaban J connectivity index is 1.89. The first-order chi connectivity index (χ1) is 8.81. The van der Waals surface area contributed by atoms with E-state index in [4.69, 9.17) is 5.73 Å². The molecule has 3 nitrogen and oxygen atoms in total. The quantitative estimate of drug-likeness (QED) is 0.804. The second kappa shape index (κ2) is 5.08. The van der Waals surface area contributed by atoms with E-state index in [0.29, 0.717) is 30.3 Å². The van der Waals surface area contributed by atoms with Crippen molar-refractivity contribution < 1.29 is 4.79 Å². The third-order valence-electron chi connectivity index (χ3n) is 6.40. The third-order valence-corrected chi connectivity index (χ3v) is 6.40. The van der Waals surface area contributed by atoms with Gasteiger partial charge in [-0.15, -0.1) is 0 Å². The molecular formula is C16H30N2O. The molecule has 0 radical (unpaired) electrons. The number of hydrogen-bond acceptors (Lipinski definition) is 2. The highest BCUT2D eigenvalue weighted by Gasteiger charge is 2.61. The van der Waals surface area contributed by atoms with Crippen molar-refractivity contribution in [3.63, 3.8) is 0 Å². The largest absolute Gasteiger partial charge is 0.353 e. The number of carbonyl (C=O) groups is 1. The second-order valence-corrected chi connectivity index (χ2v) is 7.61. The van der Waals surface area contributed by atoms with E-state index in [9.17, 15) is 4.79 Å². The van der Waals surface area contributed by atoms with Gasteiger partial charge in [0.15, 0.2) is 0 Å². The smallest absolute Gasteiger partial charge is 0.220 e. The number of fused-ring (bicyclic) bond motifs is 2. The van der Waals surface area contributed by atoms with Crippen molar-refractivity contribution in [2.24, 2.45) is 28.4 Å². The number of hydrogen-bond donors (Lipinski definition) is 2. The van der Waals surface area contributed by atoms with E-state index < -0.39 is 0 Å². The van der Waals surface area contributed by atoms with E-state index in [0.717, 1.165) is 12.3 Å². The van der Waals surface area contributed by atoms with E-state index in [1.165, 1.54) is 19.3 Å². The zero-order valence-electron chi connectivity index (χ0n) is 13.0. The number of rotatable bonds is 5. The van der Waals surface area contributed by atoms with Crippen LogP contribution in [0.1, 0.15) is 59.8 Å². The average molecular weight is 266 g/mol. The molecule has 0 aliphatic heterocycles. The molecule has 0 spiro atoms. The zero-order valence-corrected chi connectivity index (χ0v) is 13.0. The van der Waals surface area contributed by atoms with Gasteiger partial charge in [0.05, 0.1) is 0 Å². The summed E-state index contributed by atoms with van der Waals surface area (Å²) in [5, 5.41) is 3.31. The van der Waals surface area contributed by atoms with Crippen molar-refractivity contribution in [1.29, 1.82) is 0 Å². The van der Waals surface area contributed by atoms with Gasteiger partial charge >= 0.3 is 0 Å². The summed E-state index contributed by atoms with van der Waals surface area (Å²) in [4.78, 5) is 12.1. The van der Waals surface area contributed by atoms with Gasteiger partial charge in [0.2, 0.25) is 5.91 Å². The predicted molar refractivity (Wildman–Crippen MR) is 78.6 cm³/mol. The lowest BCUT2D eigenvalue weighted by Crippen LogP contribution is -2.46. The molecule has 2 saturated carbocycles. The number of nitrogens with one attached hydrogen (secondary N) is 1. The molecule has 3 N–H and O–H groups in total. The number of carbonyl (C=O) groups excluding carboxylic acids is 1. The summed E-state index contributed by atoms with van der Waals surface area (Å²) >= 11 is 0. The highest BCUT2D eigenvalue weighted by molar-refractivity contribution is 5.76. The van der Waals surface area contributed by atoms with Crippen LogP contribution in [0.5, 0.6) is 0 Å². The van der Waals surface area contributed by atoms with E-state index in [-0.39, 0.29) is 11.3 Å². The molecule has 0 aromatic heterocycles. The highest BCUT2D eigenvalue weighted by Crippen LogP contribution is 2.65. The lowest BCUT2D eigenvalue weighted by molar-refractivity contribution is -0.123. The molecule has 2 aliphatic carbocycles. The summed E-state index contributed by atoms with van der Waals surface area (Å²) in [7, 11) is 0. The fourth-order valence-corrected chi connectivity index (χ4v) is 4.18. The van der Waals surface area contributed by atoms with E-state index in [1.807, 2.05) is 0 Å². The average Bonchev–Trinajstić information content (AvgIpc) is 2.69. The Morgan fingerprint density at radius 2 is 2.11 bits per heavy atom. The molecule has 1 amide bonds. The zero-order chi connectivity index (χ0) is 14.3. The molecule has 2 rings (SSSR count). The summed E-state index contributed by atoms with van der Waals surface area (Å²) in [5.74, 6) is 1.44. The molecular weight excluding hydrogens is 236 g/mol. The first kappa shape index (κ1) is 14.8. The Bertz CT molecular complexity index is 353. The van der Waals surface area contributed by atoms with Gasteiger partial charge in [-0.25, -0.2) is 0 Å². The summed E-state index contributed by atoms with van der Waals surface area (Å²) in [5.41, 5.74) is 6.25. The summed E-state index contributed by atoms with van der Waals surface area (Å²) in [6.45, 7) is 9.91. The Labute approximate surface area is 117 Å². The van der Waals surface area contributed by atoms with E-state index >= 15 is 0 Å². The van der Waals surface area contributed by atoms with Crippen LogP contribution in [0.15, 0.2) is 0 Å². The molecule has 4 unspecified atom stereocenters. The molecule has 110 valence electrons. The van der Waals surface area contributed by atoms with Crippen LogP contribution in [0.25, 0.3) is 0 Å². The number of amides is 1. The van der Waals surface area contributed by atoms with Crippen LogP contribution in [0.4, 0.5) is 0 Å². The van der Waals surface area contributed by atoms with Crippen molar-refractivity contribution in [1.82, 2.24) is 5.32 Å². The Morgan fingerprint density at radius 1 is 1.42 bits per heavy atom. The topological polar surface area (TPSA) is 55.1 Å². The number of nitrogens with two attached hydrogens (primary N) is 1. The fraction of sp³-hybridized carbons (Fsp3) is 0.938. The standard InChI is InChI=1S/C16H30N2O/c1-11(10-17)5-6-14(19)18-13-9-12-7-8-16(13,4)15(12,2)3/h11-13H,5-10,17H2,1-4H3,(H,18,19). The van der Waals surface area contributed by atoms with Crippen molar-refractivity contribution in [3.8, 4) is 0 Å². The predicted octanol–water partition coefficient (Wildman–Crippen LogP) is 2.69. The molecule has 0 heterocycles. The van der Waals surface area contributed by atoms with Gasteiger partial charge in [0, 0.05) is 12.5 Å². The Kier molecular flexibility index (Phi) is 3.97. The van der Waals surface area contributed by atoms with Crippen molar-refractivity contribution in [3.05, 3.63) is 0 Å². The third kappa shape index (κ3) is 2.42. The molecule has 2 bridgehead atoms. The summed E-state index contributed by atoms with van der Waals surface area (Å²) in [6.07, 6.45) is 5.28. The normalized spacial score (nSPS) is 37.3. The second-order valence-electron chi connectivity index (χ2n) is 7.61. The minimum atomic E-state index is 0.217. The minimum Gasteiger partial charge on any atom is -0.353 e. The first-order valence-corrected chi connectivity index (χ1v) is 7.80. The molecule has 2 aliphatic rings. The van der Waals surface area contributed by atoms with Crippen LogP contribution in [-0.4, -0.2) is 18.5 Å². The van der Waals surface area contributed by atoms with Crippen molar-refractivity contribution in [2.45, 2.75) is 65.8 Å². The van der Waals surface area contributed by atoms with Gasteiger partial charge in [-0.2, -0.15) is 0 Å². The van der Waals surface area contributed by atoms with Crippen LogP contribution in [0.3, 0.4) is 0 Å². The van der Waals surface area contributed by atoms with Crippen molar-refractivity contribution >= 4 is 5.91 Å². The maximum Gasteiger partial charge on any atom is 0.220 e. The van der Waals surface area contributed by atoms with E-state index in [2.05, 4.69) is 33.0 Å². The first-order valence-electron chi connectivity index (χ1n) is 7.80. The van der Waals surface area contributed by atoms with Gasteiger partial charge < -0.3 is 11.1 Å². The molecule has 4 atom stereocenters. The molecule has 0 aromatic rings. The van der Waals surface area contributed by atoms with Gasteiger partial charge in [0.1, 0.15) is 0 Å². The maximum atomic E-state index is 12.1.